The first-order chi connectivity index (χ1) is 13.0. The molecule has 0 bridgehead atoms. The monoisotopic (exact) mass is 389 g/mol. The van der Waals surface area contributed by atoms with Gasteiger partial charge in [0.25, 0.3) is 0 Å². The maximum Gasteiger partial charge on any atom is 0.241 e. The Labute approximate surface area is 164 Å². The molecule has 1 saturated heterocycles. The summed E-state index contributed by atoms with van der Waals surface area (Å²) >= 11 is 6.12. The van der Waals surface area contributed by atoms with Gasteiger partial charge in [0.2, 0.25) is 5.91 Å². The summed E-state index contributed by atoms with van der Waals surface area (Å²) < 4.78 is 16.2. The second-order valence-electron chi connectivity index (χ2n) is 6.49. The van der Waals surface area contributed by atoms with E-state index in [-0.39, 0.29) is 11.9 Å². The number of hydrogen-bond acceptors (Lipinski definition) is 4. The van der Waals surface area contributed by atoms with Crippen LogP contribution in [0.1, 0.15) is 24.9 Å². The molecular weight excluding hydrogens is 366 g/mol. The predicted molar refractivity (Wildman–Crippen MR) is 106 cm³/mol. The van der Waals surface area contributed by atoms with Crippen molar-refractivity contribution in [2.24, 2.45) is 0 Å². The molecule has 1 aliphatic heterocycles. The quantitative estimate of drug-likeness (QED) is 0.692. The van der Waals surface area contributed by atoms with Gasteiger partial charge in [0.1, 0.15) is 11.1 Å². The number of carbonyl (C=O) groups is 1. The largest absolute Gasteiger partial charge is 0.497 e. The van der Waals surface area contributed by atoms with E-state index in [1.54, 1.807) is 21.3 Å². The van der Waals surface area contributed by atoms with Crippen LogP contribution < -0.4 is 14.2 Å². The fourth-order valence-corrected chi connectivity index (χ4v) is 3.72. The maximum atomic E-state index is 12.4. The number of hydrogen-bond donors (Lipinski definition) is 0. The number of carbonyl (C=O) groups excluding carboxylic acids is 1. The van der Waals surface area contributed by atoms with E-state index in [0.29, 0.717) is 24.5 Å². The Morgan fingerprint density at radius 1 is 1.04 bits per heavy atom. The van der Waals surface area contributed by atoms with Crippen molar-refractivity contribution in [1.29, 1.82) is 0 Å². The van der Waals surface area contributed by atoms with Crippen LogP contribution in [0.3, 0.4) is 0 Å². The van der Waals surface area contributed by atoms with Gasteiger partial charge in [-0.15, -0.1) is 11.6 Å². The Morgan fingerprint density at radius 2 is 1.78 bits per heavy atom. The van der Waals surface area contributed by atoms with Crippen LogP contribution in [0.2, 0.25) is 0 Å². The summed E-state index contributed by atoms with van der Waals surface area (Å²) in [6.07, 6.45) is 0.673. The molecule has 1 amide bonds. The van der Waals surface area contributed by atoms with Crippen molar-refractivity contribution in [3.8, 4) is 28.4 Å². The van der Waals surface area contributed by atoms with Gasteiger partial charge in [-0.25, -0.2) is 0 Å². The summed E-state index contributed by atoms with van der Waals surface area (Å²) in [6, 6.07) is 11.6. The summed E-state index contributed by atoms with van der Waals surface area (Å²) in [7, 11) is 4.86. The fourth-order valence-electron chi connectivity index (χ4n) is 3.50. The second kappa shape index (κ2) is 8.09. The molecule has 1 heterocycles. The molecule has 6 heteroatoms. The highest BCUT2D eigenvalue weighted by Crippen LogP contribution is 2.39. The molecule has 2 aromatic carbocycles. The summed E-state index contributed by atoms with van der Waals surface area (Å²) in [4.78, 5) is 14.2. The van der Waals surface area contributed by atoms with Crippen molar-refractivity contribution in [2.75, 3.05) is 27.9 Å². The SMILES string of the molecule is COc1ccc([C@@H](C)N2CCC(Cl)C2=O)c(-c2ccc(OC)c(OC)c2)c1. The van der Waals surface area contributed by atoms with Crippen LogP contribution in [0.5, 0.6) is 17.2 Å². The minimum Gasteiger partial charge on any atom is -0.497 e. The number of alkyl halides is 1. The number of benzene rings is 2. The van der Waals surface area contributed by atoms with Crippen LogP contribution in [0.4, 0.5) is 0 Å². The molecule has 1 fully saturated rings. The van der Waals surface area contributed by atoms with E-state index in [4.69, 9.17) is 25.8 Å². The number of ether oxygens (including phenoxy) is 3. The lowest BCUT2D eigenvalue weighted by Gasteiger charge is -2.27. The third kappa shape index (κ3) is 3.69. The van der Waals surface area contributed by atoms with Crippen LogP contribution in [0.15, 0.2) is 36.4 Å². The van der Waals surface area contributed by atoms with Crippen LogP contribution in [0.25, 0.3) is 11.1 Å². The molecule has 1 unspecified atom stereocenters. The molecule has 27 heavy (non-hydrogen) atoms. The Hall–Kier alpha value is -2.40. The van der Waals surface area contributed by atoms with Gasteiger partial charge in [0.15, 0.2) is 11.5 Å². The first kappa shape index (κ1) is 19.4. The van der Waals surface area contributed by atoms with Gasteiger partial charge in [-0.1, -0.05) is 12.1 Å². The lowest BCUT2D eigenvalue weighted by molar-refractivity contribution is -0.129. The van der Waals surface area contributed by atoms with Crippen molar-refractivity contribution >= 4 is 17.5 Å². The molecule has 0 spiro atoms. The Morgan fingerprint density at radius 3 is 2.37 bits per heavy atom. The van der Waals surface area contributed by atoms with Crippen molar-refractivity contribution in [3.05, 3.63) is 42.0 Å². The minimum atomic E-state index is -0.435. The van der Waals surface area contributed by atoms with Gasteiger partial charge < -0.3 is 19.1 Å². The highest BCUT2D eigenvalue weighted by molar-refractivity contribution is 6.31. The Kier molecular flexibility index (Phi) is 5.80. The highest BCUT2D eigenvalue weighted by atomic mass is 35.5. The molecular formula is C21H24ClNO4. The maximum absolute atomic E-state index is 12.4. The van der Waals surface area contributed by atoms with Gasteiger partial charge in [-0.05, 0) is 54.3 Å². The minimum absolute atomic E-state index is 0.0155. The van der Waals surface area contributed by atoms with Gasteiger partial charge in [0.05, 0.1) is 27.4 Å². The van der Waals surface area contributed by atoms with E-state index in [2.05, 4.69) is 0 Å². The first-order valence-electron chi connectivity index (χ1n) is 8.85. The smallest absolute Gasteiger partial charge is 0.241 e. The van der Waals surface area contributed by atoms with E-state index >= 15 is 0 Å². The summed E-state index contributed by atoms with van der Waals surface area (Å²) in [5.41, 5.74) is 2.97. The molecule has 0 saturated carbocycles. The van der Waals surface area contributed by atoms with Crippen molar-refractivity contribution < 1.29 is 19.0 Å². The summed E-state index contributed by atoms with van der Waals surface area (Å²) in [5.74, 6) is 2.05. The van der Waals surface area contributed by atoms with Crippen molar-refractivity contribution in [2.45, 2.75) is 24.8 Å². The van der Waals surface area contributed by atoms with Crippen LogP contribution in [-0.4, -0.2) is 44.1 Å². The van der Waals surface area contributed by atoms with E-state index in [0.717, 1.165) is 22.4 Å². The average molecular weight is 390 g/mol. The molecule has 0 aromatic heterocycles. The highest BCUT2D eigenvalue weighted by Gasteiger charge is 2.34. The molecule has 3 rings (SSSR count). The molecule has 0 aliphatic carbocycles. The number of likely N-dealkylation sites (tertiary alicyclic amines) is 1. The lowest BCUT2D eigenvalue weighted by Crippen LogP contribution is -2.30. The third-order valence-electron chi connectivity index (χ3n) is 5.05. The Bertz CT molecular complexity index is 839. The van der Waals surface area contributed by atoms with E-state index < -0.39 is 5.38 Å². The molecule has 5 nitrogen and oxygen atoms in total. The van der Waals surface area contributed by atoms with E-state index in [1.165, 1.54) is 0 Å². The molecule has 1 aliphatic rings. The van der Waals surface area contributed by atoms with E-state index in [1.807, 2.05) is 48.2 Å². The van der Waals surface area contributed by atoms with Crippen LogP contribution >= 0.6 is 11.6 Å². The molecule has 2 atom stereocenters. The van der Waals surface area contributed by atoms with Crippen molar-refractivity contribution in [1.82, 2.24) is 4.90 Å². The van der Waals surface area contributed by atoms with Crippen LogP contribution in [-0.2, 0) is 4.79 Å². The summed E-state index contributed by atoms with van der Waals surface area (Å²) in [5, 5.41) is -0.435. The second-order valence-corrected chi connectivity index (χ2v) is 7.01. The number of rotatable bonds is 6. The topological polar surface area (TPSA) is 48.0 Å². The molecule has 144 valence electrons. The molecule has 2 aromatic rings. The average Bonchev–Trinajstić information content (AvgIpc) is 3.04. The summed E-state index contributed by atoms with van der Waals surface area (Å²) in [6.45, 7) is 2.68. The molecule has 0 radical (unpaired) electrons. The zero-order valence-corrected chi connectivity index (χ0v) is 16.7. The zero-order valence-electron chi connectivity index (χ0n) is 16.0. The predicted octanol–water partition coefficient (Wildman–Crippen LogP) is 4.28. The Balaban J connectivity index is 2.08. The van der Waals surface area contributed by atoms with Crippen LogP contribution in [0, 0.1) is 0 Å². The zero-order chi connectivity index (χ0) is 19.6. The fraction of sp³-hybridized carbons (Fsp3) is 0.381. The number of methoxy groups -OCH3 is 3. The number of amides is 1. The first-order valence-corrected chi connectivity index (χ1v) is 9.28. The number of nitrogens with zero attached hydrogens (tertiary/aromatic N) is 1. The van der Waals surface area contributed by atoms with Gasteiger partial charge in [-0.3, -0.25) is 4.79 Å². The van der Waals surface area contributed by atoms with Gasteiger partial charge in [0, 0.05) is 6.54 Å². The van der Waals surface area contributed by atoms with E-state index in [9.17, 15) is 4.79 Å². The number of halogens is 1. The normalized spacial score (nSPS) is 17.7. The van der Waals surface area contributed by atoms with Gasteiger partial charge >= 0.3 is 0 Å². The lowest BCUT2D eigenvalue weighted by atomic mass is 9.94. The standard InChI is InChI=1S/C21H24ClNO4/c1-13(23-10-9-18(22)21(23)24)16-7-6-15(25-2)12-17(16)14-5-8-19(26-3)20(11-14)27-4/h5-8,11-13,18H,9-10H2,1-4H3/t13-,18?/m1/s1. The van der Waals surface area contributed by atoms with Gasteiger partial charge in [-0.2, -0.15) is 0 Å². The molecule has 0 N–H and O–H groups in total. The van der Waals surface area contributed by atoms with Crippen molar-refractivity contribution in [3.63, 3.8) is 0 Å². The third-order valence-corrected chi connectivity index (χ3v) is 5.45.